The summed E-state index contributed by atoms with van der Waals surface area (Å²) in [5.41, 5.74) is 1.19. The third-order valence-electron chi connectivity index (χ3n) is 4.29. The lowest BCUT2D eigenvalue weighted by Gasteiger charge is -2.19. The Kier molecular flexibility index (Phi) is 3.75. The maximum Gasteiger partial charge on any atom is 0.266 e. The molecule has 1 aromatic carbocycles. The minimum atomic E-state index is -0.182. The third-order valence-corrected chi connectivity index (χ3v) is 5.01. The Morgan fingerprint density at radius 2 is 2.04 bits per heavy atom. The van der Waals surface area contributed by atoms with Gasteiger partial charge in [0.25, 0.3) is 11.3 Å². The zero-order valence-electron chi connectivity index (χ0n) is 14.5. The molecule has 0 unspecified atom stereocenters. The SMILES string of the molecule is CCSc1nc2ncc3c(=O)n(-c4ccc5c(c4)OCCO5)ccc3n2n1. The summed E-state index contributed by atoms with van der Waals surface area (Å²) in [6.45, 7) is 3.06. The van der Waals surface area contributed by atoms with Crippen LogP contribution in [0.1, 0.15) is 6.92 Å². The number of nitrogens with zero attached hydrogens (tertiary/aromatic N) is 5. The molecule has 0 saturated carbocycles. The fourth-order valence-electron chi connectivity index (χ4n) is 3.08. The van der Waals surface area contributed by atoms with Crippen LogP contribution in [0.4, 0.5) is 0 Å². The smallest absolute Gasteiger partial charge is 0.266 e. The Hall–Kier alpha value is -3.07. The molecule has 4 heterocycles. The Morgan fingerprint density at radius 1 is 1.19 bits per heavy atom. The van der Waals surface area contributed by atoms with Crippen LogP contribution in [0.5, 0.6) is 11.5 Å². The van der Waals surface area contributed by atoms with Gasteiger partial charge in [-0.15, -0.1) is 5.10 Å². The summed E-state index contributed by atoms with van der Waals surface area (Å²) in [5.74, 6) is 2.67. The molecule has 136 valence electrons. The highest BCUT2D eigenvalue weighted by molar-refractivity contribution is 7.99. The van der Waals surface area contributed by atoms with E-state index in [1.165, 1.54) is 11.8 Å². The summed E-state index contributed by atoms with van der Waals surface area (Å²) in [5, 5.41) is 5.57. The molecule has 0 fully saturated rings. The van der Waals surface area contributed by atoms with E-state index in [2.05, 4.69) is 15.1 Å². The zero-order chi connectivity index (χ0) is 18.4. The van der Waals surface area contributed by atoms with Gasteiger partial charge in [0.15, 0.2) is 11.5 Å². The average molecular weight is 381 g/mol. The summed E-state index contributed by atoms with van der Waals surface area (Å²) < 4.78 is 14.3. The molecule has 0 aliphatic carbocycles. The summed E-state index contributed by atoms with van der Waals surface area (Å²) in [7, 11) is 0. The van der Waals surface area contributed by atoms with Gasteiger partial charge < -0.3 is 9.47 Å². The van der Waals surface area contributed by atoms with Crippen molar-refractivity contribution in [2.24, 2.45) is 0 Å². The molecule has 0 N–H and O–H groups in total. The first-order valence-electron chi connectivity index (χ1n) is 8.54. The van der Waals surface area contributed by atoms with Crippen molar-refractivity contribution in [1.82, 2.24) is 24.1 Å². The number of pyridine rings is 1. The number of hydrogen-bond acceptors (Lipinski definition) is 7. The summed E-state index contributed by atoms with van der Waals surface area (Å²) in [6.07, 6.45) is 3.28. The molecule has 8 nitrogen and oxygen atoms in total. The lowest BCUT2D eigenvalue weighted by atomic mass is 10.2. The second-order valence-electron chi connectivity index (χ2n) is 5.92. The third kappa shape index (κ3) is 2.62. The second-order valence-corrected chi connectivity index (χ2v) is 7.15. The molecule has 0 radical (unpaired) electrons. The van der Waals surface area contributed by atoms with Crippen LogP contribution in [0, 0.1) is 0 Å². The minimum Gasteiger partial charge on any atom is -0.486 e. The number of aromatic nitrogens is 5. The van der Waals surface area contributed by atoms with Crippen molar-refractivity contribution in [2.75, 3.05) is 19.0 Å². The quantitative estimate of drug-likeness (QED) is 0.504. The molecule has 0 atom stereocenters. The van der Waals surface area contributed by atoms with Crippen LogP contribution in [-0.2, 0) is 0 Å². The van der Waals surface area contributed by atoms with E-state index in [1.807, 2.05) is 25.1 Å². The van der Waals surface area contributed by atoms with Gasteiger partial charge in [-0.1, -0.05) is 18.7 Å². The molecule has 4 aromatic rings. The highest BCUT2D eigenvalue weighted by Gasteiger charge is 2.15. The Bertz CT molecular complexity index is 1230. The topological polar surface area (TPSA) is 83.5 Å². The van der Waals surface area contributed by atoms with E-state index in [0.717, 1.165) is 5.75 Å². The van der Waals surface area contributed by atoms with Gasteiger partial charge in [0.1, 0.15) is 13.2 Å². The van der Waals surface area contributed by atoms with Crippen molar-refractivity contribution in [2.45, 2.75) is 12.1 Å². The molecule has 3 aromatic heterocycles. The predicted octanol–water partition coefficient (Wildman–Crippen LogP) is 2.31. The maximum atomic E-state index is 13.1. The number of thioether (sulfide) groups is 1. The van der Waals surface area contributed by atoms with E-state index >= 15 is 0 Å². The van der Waals surface area contributed by atoms with Gasteiger partial charge in [-0.25, -0.2) is 4.98 Å². The molecular weight excluding hydrogens is 366 g/mol. The Morgan fingerprint density at radius 3 is 2.89 bits per heavy atom. The number of benzene rings is 1. The van der Waals surface area contributed by atoms with Crippen molar-refractivity contribution in [1.29, 1.82) is 0 Å². The largest absolute Gasteiger partial charge is 0.486 e. The highest BCUT2D eigenvalue weighted by Crippen LogP contribution is 2.31. The second kappa shape index (κ2) is 6.27. The minimum absolute atomic E-state index is 0.182. The molecule has 0 spiro atoms. The highest BCUT2D eigenvalue weighted by atomic mass is 32.2. The monoisotopic (exact) mass is 381 g/mol. The van der Waals surface area contributed by atoms with Gasteiger partial charge in [0.05, 0.1) is 16.6 Å². The summed E-state index contributed by atoms with van der Waals surface area (Å²) in [4.78, 5) is 21.7. The van der Waals surface area contributed by atoms with Crippen molar-refractivity contribution in [3.05, 3.63) is 47.0 Å². The Balaban J connectivity index is 1.67. The predicted molar refractivity (Wildman–Crippen MR) is 101 cm³/mol. The molecule has 9 heteroatoms. The zero-order valence-corrected chi connectivity index (χ0v) is 15.3. The molecule has 27 heavy (non-hydrogen) atoms. The molecule has 1 aliphatic rings. The van der Waals surface area contributed by atoms with Crippen molar-refractivity contribution in [3.8, 4) is 17.2 Å². The lowest BCUT2D eigenvalue weighted by molar-refractivity contribution is 0.171. The van der Waals surface area contributed by atoms with E-state index in [4.69, 9.17) is 9.47 Å². The first-order chi connectivity index (χ1) is 13.2. The number of ether oxygens (including phenoxy) is 2. The van der Waals surface area contributed by atoms with Gasteiger partial charge in [-0.05, 0) is 24.0 Å². The van der Waals surface area contributed by atoms with Crippen LogP contribution in [-0.4, -0.2) is 43.1 Å². The first-order valence-corrected chi connectivity index (χ1v) is 9.53. The van der Waals surface area contributed by atoms with Crippen molar-refractivity contribution >= 4 is 28.4 Å². The maximum absolute atomic E-state index is 13.1. The van der Waals surface area contributed by atoms with Crippen LogP contribution in [0.15, 0.2) is 46.6 Å². The standard InChI is InChI=1S/C18H15N5O3S/c1-2-27-18-20-17-19-10-12-13(23(17)21-18)5-6-22(16(12)24)11-3-4-14-15(9-11)26-8-7-25-14/h3-6,9-10H,2,7-8H2,1H3. The first kappa shape index (κ1) is 16.1. The number of hydrogen-bond donors (Lipinski definition) is 0. The van der Waals surface area contributed by atoms with Crippen LogP contribution in [0.2, 0.25) is 0 Å². The van der Waals surface area contributed by atoms with E-state index in [1.54, 1.807) is 27.5 Å². The van der Waals surface area contributed by atoms with Crippen molar-refractivity contribution < 1.29 is 9.47 Å². The molecule has 0 amide bonds. The Labute approximate surface area is 157 Å². The van der Waals surface area contributed by atoms with E-state index < -0.39 is 0 Å². The average Bonchev–Trinajstić information content (AvgIpc) is 3.11. The van der Waals surface area contributed by atoms with Crippen LogP contribution in [0.25, 0.3) is 22.4 Å². The van der Waals surface area contributed by atoms with Crippen LogP contribution < -0.4 is 15.0 Å². The fourth-order valence-corrected chi connectivity index (χ4v) is 3.62. The normalized spacial score (nSPS) is 13.4. The molecule has 0 saturated heterocycles. The summed E-state index contributed by atoms with van der Waals surface area (Å²) in [6, 6.07) is 7.29. The fraction of sp³-hybridized carbons (Fsp3) is 0.222. The molecule has 0 bridgehead atoms. The lowest BCUT2D eigenvalue weighted by Crippen LogP contribution is -2.20. The van der Waals surface area contributed by atoms with Crippen LogP contribution >= 0.6 is 11.8 Å². The van der Waals surface area contributed by atoms with Gasteiger partial charge in [0.2, 0.25) is 5.16 Å². The van der Waals surface area contributed by atoms with E-state index in [-0.39, 0.29) is 5.56 Å². The molecular formula is C18H15N5O3S. The van der Waals surface area contributed by atoms with Gasteiger partial charge >= 0.3 is 0 Å². The van der Waals surface area contributed by atoms with E-state index in [0.29, 0.717) is 52.2 Å². The molecule has 5 rings (SSSR count). The van der Waals surface area contributed by atoms with Gasteiger partial charge in [0, 0.05) is 18.5 Å². The molecule has 1 aliphatic heterocycles. The van der Waals surface area contributed by atoms with Gasteiger partial charge in [-0.3, -0.25) is 9.36 Å². The van der Waals surface area contributed by atoms with Crippen molar-refractivity contribution in [3.63, 3.8) is 0 Å². The number of fused-ring (bicyclic) bond motifs is 4. The summed E-state index contributed by atoms with van der Waals surface area (Å²) >= 11 is 1.53. The van der Waals surface area contributed by atoms with Gasteiger partial charge in [-0.2, -0.15) is 9.50 Å². The van der Waals surface area contributed by atoms with E-state index in [9.17, 15) is 4.79 Å². The van der Waals surface area contributed by atoms with Crippen LogP contribution in [0.3, 0.4) is 0 Å². The number of rotatable bonds is 3.